The number of hydrogen-bond donors (Lipinski definition) is 0. The van der Waals surface area contributed by atoms with E-state index in [1.165, 1.54) is 7.11 Å². The highest BCUT2D eigenvalue weighted by Gasteiger charge is 2.12. The van der Waals surface area contributed by atoms with Gasteiger partial charge in [-0.3, -0.25) is 4.79 Å². The maximum Gasteiger partial charge on any atom is 0.452 e. The Morgan fingerprint density at radius 1 is 0.909 bits per heavy atom. The van der Waals surface area contributed by atoms with Gasteiger partial charge in [-0.2, -0.15) is 0 Å². The molecular formula is C17H14N2O3. The second kappa shape index (κ2) is 7.64. The predicted octanol–water partition coefficient (Wildman–Crippen LogP) is 3.97. The van der Waals surface area contributed by atoms with E-state index in [1.54, 1.807) is 18.2 Å². The molecule has 0 unspecified atom stereocenters. The van der Waals surface area contributed by atoms with Crippen LogP contribution in [0, 0.1) is 0 Å². The summed E-state index contributed by atoms with van der Waals surface area (Å²) in [6.07, 6.45) is 0.786. The largest absolute Gasteiger partial charge is 0.452 e. The first-order chi connectivity index (χ1) is 10.7. The zero-order valence-corrected chi connectivity index (χ0v) is 12.0. The van der Waals surface area contributed by atoms with Gasteiger partial charge in [-0.25, -0.2) is 4.79 Å². The average Bonchev–Trinajstić information content (AvgIpc) is 2.59. The molecule has 110 valence electrons. The normalized spacial score (nSPS) is 11.4. The Morgan fingerprint density at radius 3 is 2.09 bits per heavy atom. The van der Waals surface area contributed by atoms with Gasteiger partial charge in [0.2, 0.25) is 0 Å². The Hall–Kier alpha value is -3.08. The zero-order valence-electron chi connectivity index (χ0n) is 12.0. The van der Waals surface area contributed by atoms with Crippen molar-refractivity contribution in [2.75, 3.05) is 7.11 Å². The highest BCUT2D eigenvalue weighted by molar-refractivity contribution is 6.24. The number of amides is 2. The summed E-state index contributed by atoms with van der Waals surface area (Å²) in [4.78, 5) is 23.2. The molecule has 0 radical (unpaired) electrons. The maximum atomic E-state index is 12.2. The third-order valence-corrected chi connectivity index (χ3v) is 2.82. The van der Waals surface area contributed by atoms with Gasteiger partial charge in [-0.05, 0) is 17.2 Å². The van der Waals surface area contributed by atoms with Gasteiger partial charge in [0.15, 0.2) is 0 Å². The van der Waals surface area contributed by atoms with Crippen molar-refractivity contribution in [1.29, 1.82) is 0 Å². The molecule has 0 bridgehead atoms. The summed E-state index contributed by atoms with van der Waals surface area (Å²) in [5, 5.41) is 6.62. The molecule has 2 aromatic carbocycles. The van der Waals surface area contributed by atoms with Crippen LogP contribution in [0.25, 0.3) is 11.6 Å². The zero-order chi connectivity index (χ0) is 15.8. The van der Waals surface area contributed by atoms with E-state index in [-0.39, 0.29) is 0 Å². The molecule has 22 heavy (non-hydrogen) atoms. The van der Waals surface area contributed by atoms with Crippen LogP contribution in [-0.4, -0.2) is 19.1 Å². The second-order valence-electron chi connectivity index (χ2n) is 4.31. The number of carbonyl (C=O) groups excluding carboxylic acids is 2. The standard InChI is InChI=1S/C17H14N2O3/c1-22-17(21)19-18-16(20)15(14-10-6-3-7-11-14)12-13-8-4-2-5-9-13/h2-12H,1H3/b15-12+,19-18?. The minimum atomic E-state index is -0.916. The Labute approximate surface area is 128 Å². The van der Waals surface area contributed by atoms with Crippen LogP contribution in [0.2, 0.25) is 0 Å². The number of azo groups is 1. The first-order valence-electron chi connectivity index (χ1n) is 6.57. The van der Waals surface area contributed by atoms with Crippen molar-refractivity contribution in [1.82, 2.24) is 0 Å². The van der Waals surface area contributed by atoms with Crippen LogP contribution in [0.4, 0.5) is 4.79 Å². The van der Waals surface area contributed by atoms with Crippen LogP contribution in [-0.2, 0) is 9.53 Å². The van der Waals surface area contributed by atoms with Gasteiger partial charge < -0.3 is 4.74 Å². The average molecular weight is 294 g/mol. The van der Waals surface area contributed by atoms with Crippen LogP contribution >= 0.6 is 0 Å². The van der Waals surface area contributed by atoms with Crippen LogP contribution < -0.4 is 0 Å². The fourth-order valence-corrected chi connectivity index (χ4v) is 1.78. The Morgan fingerprint density at radius 2 is 1.50 bits per heavy atom. The number of methoxy groups -OCH3 is 1. The summed E-state index contributed by atoms with van der Waals surface area (Å²) >= 11 is 0. The molecule has 0 aromatic heterocycles. The van der Waals surface area contributed by atoms with Crippen molar-refractivity contribution in [2.45, 2.75) is 0 Å². The van der Waals surface area contributed by atoms with E-state index >= 15 is 0 Å². The van der Waals surface area contributed by atoms with Crippen LogP contribution in [0.5, 0.6) is 0 Å². The summed E-state index contributed by atoms with van der Waals surface area (Å²) in [5.74, 6) is -0.611. The molecule has 0 spiro atoms. The molecule has 0 aliphatic heterocycles. The monoisotopic (exact) mass is 294 g/mol. The lowest BCUT2D eigenvalue weighted by Gasteiger charge is -2.03. The van der Waals surface area contributed by atoms with Crippen molar-refractivity contribution in [2.24, 2.45) is 10.2 Å². The molecule has 2 aromatic rings. The number of rotatable bonds is 3. The lowest BCUT2D eigenvalue weighted by molar-refractivity contribution is -0.113. The van der Waals surface area contributed by atoms with Crippen LogP contribution in [0.3, 0.4) is 0 Å². The summed E-state index contributed by atoms with van der Waals surface area (Å²) in [6, 6.07) is 18.4. The summed E-state index contributed by atoms with van der Waals surface area (Å²) in [5.41, 5.74) is 1.89. The molecule has 0 heterocycles. The summed E-state index contributed by atoms with van der Waals surface area (Å²) in [6.45, 7) is 0. The third-order valence-electron chi connectivity index (χ3n) is 2.82. The molecule has 5 heteroatoms. The Balaban J connectivity index is 2.39. The number of hydrogen-bond acceptors (Lipinski definition) is 3. The van der Waals surface area contributed by atoms with Crippen LogP contribution in [0.15, 0.2) is 70.9 Å². The smallest absolute Gasteiger partial charge is 0.450 e. The topological polar surface area (TPSA) is 68.1 Å². The molecule has 2 amide bonds. The molecule has 0 saturated carbocycles. The Bertz CT molecular complexity index is 707. The quantitative estimate of drug-likeness (QED) is 0.488. The number of carbonyl (C=O) groups is 2. The lowest BCUT2D eigenvalue weighted by atomic mass is 10.0. The van der Waals surface area contributed by atoms with Gasteiger partial charge in [0.25, 0.3) is 5.91 Å². The van der Waals surface area contributed by atoms with Gasteiger partial charge in [0.1, 0.15) is 0 Å². The van der Waals surface area contributed by atoms with Crippen LogP contribution in [0.1, 0.15) is 11.1 Å². The first-order valence-corrected chi connectivity index (χ1v) is 6.57. The molecule has 2 rings (SSSR count). The van der Waals surface area contributed by atoms with Gasteiger partial charge >= 0.3 is 6.09 Å². The fraction of sp³-hybridized carbons (Fsp3) is 0.0588. The number of nitrogens with zero attached hydrogens (tertiary/aromatic N) is 2. The van der Waals surface area contributed by atoms with E-state index in [4.69, 9.17) is 0 Å². The highest BCUT2D eigenvalue weighted by atomic mass is 16.5. The second-order valence-corrected chi connectivity index (χ2v) is 4.31. The summed E-state index contributed by atoms with van der Waals surface area (Å²) < 4.78 is 4.33. The van der Waals surface area contributed by atoms with Crippen molar-refractivity contribution in [3.63, 3.8) is 0 Å². The lowest BCUT2D eigenvalue weighted by Crippen LogP contribution is -2.00. The minimum Gasteiger partial charge on any atom is -0.450 e. The van der Waals surface area contributed by atoms with Gasteiger partial charge in [-0.15, -0.1) is 0 Å². The molecule has 0 fully saturated rings. The van der Waals surface area contributed by atoms with E-state index in [0.717, 1.165) is 5.56 Å². The minimum absolute atomic E-state index is 0.347. The summed E-state index contributed by atoms with van der Waals surface area (Å²) in [7, 11) is 1.17. The van der Waals surface area contributed by atoms with E-state index < -0.39 is 12.0 Å². The highest BCUT2D eigenvalue weighted by Crippen LogP contribution is 2.20. The molecule has 0 atom stereocenters. The molecule has 0 aliphatic rings. The fourth-order valence-electron chi connectivity index (χ4n) is 1.78. The van der Waals surface area contributed by atoms with E-state index in [2.05, 4.69) is 15.0 Å². The van der Waals surface area contributed by atoms with Crippen molar-refractivity contribution in [3.8, 4) is 0 Å². The molecule has 0 N–H and O–H groups in total. The molecular weight excluding hydrogens is 280 g/mol. The van der Waals surface area contributed by atoms with Crippen molar-refractivity contribution < 1.29 is 14.3 Å². The van der Waals surface area contributed by atoms with E-state index in [0.29, 0.717) is 11.1 Å². The SMILES string of the molecule is COC(=O)N=NC(=O)/C(=C/c1ccccc1)c1ccccc1. The number of ether oxygens (including phenoxy) is 1. The van der Waals surface area contributed by atoms with Crippen molar-refractivity contribution >= 4 is 23.6 Å². The maximum absolute atomic E-state index is 12.2. The Kier molecular flexibility index (Phi) is 5.31. The van der Waals surface area contributed by atoms with Gasteiger partial charge in [0, 0.05) is 0 Å². The molecule has 5 nitrogen and oxygen atoms in total. The first kappa shape index (κ1) is 15.3. The molecule has 0 saturated heterocycles. The van der Waals surface area contributed by atoms with Gasteiger partial charge in [-0.1, -0.05) is 70.9 Å². The predicted molar refractivity (Wildman–Crippen MR) is 83.0 cm³/mol. The molecule has 0 aliphatic carbocycles. The van der Waals surface area contributed by atoms with Crippen molar-refractivity contribution in [3.05, 3.63) is 71.8 Å². The third kappa shape index (κ3) is 4.21. The van der Waals surface area contributed by atoms with E-state index in [9.17, 15) is 9.59 Å². The van der Waals surface area contributed by atoms with E-state index in [1.807, 2.05) is 48.5 Å². The number of benzene rings is 2. The van der Waals surface area contributed by atoms with Gasteiger partial charge in [0.05, 0.1) is 12.7 Å².